The van der Waals surface area contributed by atoms with Crippen molar-refractivity contribution in [3.8, 4) is 11.5 Å². The van der Waals surface area contributed by atoms with Crippen LogP contribution in [0.15, 0.2) is 36.4 Å². The summed E-state index contributed by atoms with van der Waals surface area (Å²) in [5.41, 5.74) is 2.02. The predicted molar refractivity (Wildman–Crippen MR) is 130 cm³/mol. The van der Waals surface area contributed by atoms with Gasteiger partial charge in [0.2, 0.25) is 0 Å². The van der Waals surface area contributed by atoms with Crippen molar-refractivity contribution in [3.63, 3.8) is 0 Å². The third kappa shape index (κ3) is 4.74. The van der Waals surface area contributed by atoms with E-state index in [1.54, 1.807) is 12.1 Å². The van der Waals surface area contributed by atoms with Crippen LogP contribution >= 0.6 is 11.6 Å². The highest BCUT2D eigenvalue weighted by molar-refractivity contribution is 6.31. The Labute approximate surface area is 202 Å². The molecule has 1 N–H and O–H groups in total. The van der Waals surface area contributed by atoms with Crippen LogP contribution in [0.5, 0.6) is 11.5 Å². The highest BCUT2D eigenvalue weighted by atomic mass is 35.5. The molecule has 4 saturated carbocycles. The van der Waals surface area contributed by atoms with Gasteiger partial charge in [0.15, 0.2) is 11.5 Å². The zero-order chi connectivity index (χ0) is 23.0. The fourth-order valence-corrected chi connectivity index (χ4v) is 7.28. The third-order valence-corrected chi connectivity index (χ3v) is 8.71. The van der Waals surface area contributed by atoms with E-state index >= 15 is 0 Å². The first-order chi connectivity index (χ1) is 16.0. The number of rotatable bonds is 9. The molecule has 0 spiro atoms. The third-order valence-electron chi connectivity index (χ3n) is 8.36. The molecule has 2 aromatic carbocycles. The lowest BCUT2D eigenvalue weighted by Gasteiger charge is -2.59. The first kappa shape index (κ1) is 23.0. The standard InChI is InChI=1S/C28H35ClFNO2/c1-3-32-27-12-19(7-8-26(27)33-17-23-24(29)5-4-6-25(23)30)16-31-18(2)28-13-20-9-21(14-28)11-22(10-20)15-28/h4-8,12,18,20-22,31H,3,9-11,13-17H2,1-2H3. The van der Waals surface area contributed by atoms with E-state index in [1.807, 2.05) is 19.1 Å². The molecule has 2 aromatic rings. The number of ether oxygens (including phenoxy) is 2. The van der Waals surface area contributed by atoms with E-state index in [4.69, 9.17) is 21.1 Å². The molecule has 0 aromatic heterocycles. The Hall–Kier alpha value is -1.78. The molecule has 1 atom stereocenters. The second-order valence-electron chi connectivity index (χ2n) is 10.6. The lowest BCUT2D eigenvalue weighted by molar-refractivity contribution is -0.0706. The van der Waals surface area contributed by atoms with Gasteiger partial charge in [0.25, 0.3) is 0 Å². The van der Waals surface area contributed by atoms with Gasteiger partial charge in [0, 0.05) is 18.2 Å². The smallest absolute Gasteiger partial charge is 0.161 e. The summed E-state index contributed by atoms with van der Waals surface area (Å²) in [7, 11) is 0. The lowest BCUT2D eigenvalue weighted by atomic mass is 9.48. The molecule has 5 heteroatoms. The minimum atomic E-state index is -0.361. The van der Waals surface area contributed by atoms with Gasteiger partial charge in [-0.1, -0.05) is 23.7 Å². The molecule has 4 fully saturated rings. The van der Waals surface area contributed by atoms with Gasteiger partial charge in [0.05, 0.1) is 11.6 Å². The van der Waals surface area contributed by atoms with Gasteiger partial charge in [-0.3, -0.25) is 0 Å². The largest absolute Gasteiger partial charge is 0.490 e. The molecule has 0 aliphatic heterocycles. The average Bonchev–Trinajstić information content (AvgIpc) is 2.77. The summed E-state index contributed by atoms with van der Waals surface area (Å²) in [5, 5.41) is 4.22. The molecule has 3 nitrogen and oxygen atoms in total. The summed E-state index contributed by atoms with van der Waals surface area (Å²) >= 11 is 6.15. The number of halogens is 2. The van der Waals surface area contributed by atoms with Crippen LogP contribution in [-0.2, 0) is 13.2 Å². The molecule has 0 saturated heterocycles. The summed E-state index contributed by atoms with van der Waals surface area (Å²) in [6.45, 7) is 5.76. The van der Waals surface area contributed by atoms with Crippen LogP contribution in [0.2, 0.25) is 5.02 Å². The van der Waals surface area contributed by atoms with E-state index in [0.717, 1.165) is 24.3 Å². The van der Waals surface area contributed by atoms with Gasteiger partial charge < -0.3 is 14.8 Å². The van der Waals surface area contributed by atoms with Gasteiger partial charge >= 0.3 is 0 Å². The maximum Gasteiger partial charge on any atom is 0.161 e. The first-order valence-electron chi connectivity index (χ1n) is 12.5. The van der Waals surface area contributed by atoms with Gasteiger partial charge in [-0.25, -0.2) is 4.39 Å². The van der Waals surface area contributed by atoms with Crippen molar-refractivity contribution >= 4 is 11.6 Å². The van der Waals surface area contributed by atoms with E-state index in [9.17, 15) is 4.39 Å². The molecule has 1 unspecified atom stereocenters. The second-order valence-corrected chi connectivity index (χ2v) is 11.0. The fourth-order valence-electron chi connectivity index (χ4n) is 7.07. The van der Waals surface area contributed by atoms with Crippen molar-refractivity contribution in [2.45, 2.75) is 71.6 Å². The predicted octanol–water partition coefficient (Wildman–Crippen LogP) is 7.15. The van der Waals surface area contributed by atoms with Gasteiger partial charge in [-0.15, -0.1) is 0 Å². The van der Waals surface area contributed by atoms with Crippen molar-refractivity contribution in [3.05, 3.63) is 58.4 Å². The summed E-state index contributed by atoms with van der Waals surface area (Å²) < 4.78 is 25.9. The molecule has 0 amide bonds. The number of nitrogens with one attached hydrogen (secondary N) is 1. The van der Waals surface area contributed by atoms with E-state index in [1.165, 1.54) is 50.2 Å². The molecule has 0 radical (unpaired) electrons. The Morgan fingerprint density at radius 1 is 1.03 bits per heavy atom. The van der Waals surface area contributed by atoms with Crippen molar-refractivity contribution in [2.24, 2.45) is 23.2 Å². The fraction of sp³-hybridized carbons (Fsp3) is 0.571. The van der Waals surface area contributed by atoms with Crippen LogP contribution in [0.4, 0.5) is 4.39 Å². The summed E-state index contributed by atoms with van der Waals surface area (Å²) in [6.07, 6.45) is 8.64. The van der Waals surface area contributed by atoms with E-state index in [-0.39, 0.29) is 12.4 Å². The maximum atomic E-state index is 14.1. The number of hydrogen-bond donors (Lipinski definition) is 1. The molecule has 6 rings (SSSR count). The van der Waals surface area contributed by atoms with E-state index in [2.05, 4.69) is 18.3 Å². The van der Waals surface area contributed by atoms with Crippen molar-refractivity contribution in [1.29, 1.82) is 0 Å². The zero-order valence-electron chi connectivity index (χ0n) is 19.7. The summed E-state index contributed by atoms with van der Waals surface area (Å²) in [6, 6.07) is 11.2. The molecule has 4 aliphatic carbocycles. The van der Waals surface area contributed by atoms with Crippen molar-refractivity contribution < 1.29 is 13.9 Å². The van der Waals surface area contributed by atoms with Gasteiger partial charge in [-0.2, -0.15) is 0 Å². The molecule has 33 heavy (non-hydrogen) atoms. The normalized spacial score (nSPS) is 28.7. The zero-order valence-corrected chi connectivity index (χ0v) is 20.5. The van der Waals surface area contributed by atoms with Crippen LogP contribution in [0.1, 0.15) is 63.5 Å². The Morgan fingerprint density at radius 3 is 2.36 bits per heavy atom. The SMILES string of the molecule is CCOc1cc(CNC(C)C23CC4CC(CC(C4)C2)C3)ccc1OCc1c(F)cccc1Cl. The van der Waals surface area contributed by atoms with Crippen molar-refractivity contribution in [1.82, 2.24) is 5.32 Å². The van der Waals surface area contributed by atoms with Crippen LogP contribution in [0.3, 0.4) is 0 Å². The Bertz CT molecular complexity index is 938. The Morgan fingerprint density at radius 2 is 1.73 bits per heavy atom. The van der Waals surface area contributed by atoms with E-state index < -0.39 is 0 Å². The second kappa shape index (κ2) is 9.46. The highest BCUT2D eigenvalue weighted by Gasteiger charge is 2.52. The van der Waals surface area contributed by atoms with Crippen molar-refractivity contribution in [2.75, 3.05) is 6.61 Å². The number of benzene rings is 2. The monoisotopic (exact) mass is 471 g/mol. The van der Waals surface area contributed by atoms with Crippen LogP contribution in [0.25, 0.3) is 0 Å². The number of hydrogen-bond acceptors (Lipinski definition) is 3. The molecule has 4 bridgehead atoms. The molecule has 4 aliphatic rings. The average molecular weight is 472 g/mol. The molecular weight excluding hydrogens is 437 g/mol. The molecule has 178 valence electrons. The Kier molecular flexibility index (Phi) is 6.59. The van der Waals surface area contributed by atoms with E-state index in [0.29, 0.717) is 40.1 Å². The molecule has 0 heterocycles. The van der Waals surface area contributed by atoms with Crippen LogP contribution in [0, 0.1) is 29.0 Å². The maximum absolute atomic E-state index is 14.1. The summed E-state index contributed by atoms with van der Waals surface area (Å²) in [4.78, 5) is 0. The minimum Gasteiger partial charge on any atom is -0.490 e. The topological polar surface area (TPSA) is 30.5 Å². The quantitative estimate of drug-likeness (QED) is 0.421. The highest BCUT2D eigenvalue weighted by Crippen LogP contribution is 2.61. The van der Waals surface area contributed by atoms with Crippen LogP contribution in [-0.4, -0.2) is 12.6 Å². The first-order valence-corrected chi connectivity index (χ1v) is 12.9. The van der Waals surface area contributed by atoms with Gasteiger partial charge in [-0.05, 0) is 105 Å². The van der Waals surface area contributed by atoms with Crippen LogP contribution < -0.4 is 14.8 Å². The summed E-state index contributed by atoms with van der Waals surface area (Å²) in [5.74, 6) is 3.82. The Balaban J connectivity index is 1.24. The molecular formula is C28H35ClFNO2. The minimum absolute atomic E-state index is 0.0617. The lowest BCUT2D eigenvalue weighted by Crippen LogP contribution is -2.54. The van der Waals surface area contributed by atoms with Gasteiger partial charge in [0.1, 0.15) is 12.4 Å².